The molecule has 3 N–H and O–H groups in total. The third-order valence-corrected chi connectivity index (χ3v) is 6.77. The van der Waals surface area contributed by atoms with E-state index in [1.165, 1.54) is 0 Å². The van der Waals surface area contributed by atoms with Gasteiger partial charge in [-0.15, -0.1) is 0 Å². The summed E-state index contributed by atoms with van der Waals surface area (Å²) in [5.41, 5.74) is 5.73. The largest absolute Gasteiger partial charge is 0.459 e. The topological polar surface area (TPSA) is 91.0 Å². The number of cyclic esters (lactones) is 1. The van der Waals surface area contributed by atoms with Gasteiger partial charge in [-0.1, -0.05) is 20.8 Å². The molecule has 0 aromatic heterocycles. The van der Waals surface area contributed by atoms with Crippen LogP contribution in [-0.2, 0) is 19.0 Å². The minimum absolute atomic E-state index is 0.106. The highest BCUT2D eigenvalue weighted by Gasteiger charge is 2.62. The first-order valence-electron chi connectivity index (χ1n) is 10.2. The van der Waals surface area contributed by atoms with E-state index in [2.05, 4.69) is 13.8 Å². The minimum Gasteiger partial charge on any atom is -0.459 e. The SMILES string of the molecule is CCC1OC(=O)C(C)C(O)C(C)C[C@]2(C)C[C@@H](C)C3(OC1(C)C=C3CN)O2. The Morgan fingerprint density at radius 2 is 1.89 bits per heavy atom. The fraction of sp³-hybridized carbons (Fsp3) is 0.857. The number of aliphatic hydroxyl groups excluding tert-OH is 1. The Hall–Kier alpha value is -0.950. The lowest BCUT2D eigenvalue weighted by atomic mass is 9.81. The smallest absolute Gasteiger partial charge is 0.311 e. The fourth-order valence-corrected chi connectivity index (χ4v) is 5.43. The van der Waals surface area contributed by atoms with Crippen LogP contribution in [-0.4, -0.2) is 46.8 Å². The molecule has 0 amide bonds. The van der Waals surface area contributed by atoms with Crippen LogP contribution >= 0.6 is 0 Å². The minimum atomic E-state index is -0.895. The molecule has 0 aromatic rings. The zero-order chi connectivity index (χ0) is 20.2. The first kappa shape index (κ1) is 20.8. The maximum Gasteiger partial charge on any atom is 0.311 e. The molecule has 3 bridgehead atoms. The van der Waals surface area contributed by atoms with Crippen molar-refractivity contribution in [2.45, 2.75) is 90.0 Å². The van der Waals surface area contributed by atoms with Gasteiger partial charge in [-0.3, -0.25) is 4.79 Å². The summed E-state index contributed by atoms with van der Waals surface area (Å²) in [5, 5.41) is 10.8. The van der Waals surface area contributed by atoms with Gasteiger partial charge in [0.2, 0.25) is 0 Å². The Labute approximate surface area is 162 Å². The van der Waals surface area contributed by atoms with Crippen molar-refractivity contribution in [3.8, 4) is 0 Å². The average Bonchev–Trinajstić information content (AvgIpc) is 3.03. The molecule has 0 aromatic carbocycles. The number of nitrogens with two attached hydrogens (primary N) is 1. The lowest BCUT2D eigenvalue weighted by Gasteiger charge is -2.41. The standard InChI is InChI=1S/C21H35NO5/c1-7-16-20(6)10-15(11-22)21(27-20)13(3)9-19(5,26-21)8-12(2)17(23)14(4)18(24)25-16/h10,12-14,16-17,23H,7-9,11,22H2,1-6H3/t12?,13-,14?,16?,17?,19-,20?,21?/m1/s1. The summed E-state index contributed by atoms with van der Waals surface area (Å²) >= 11 is 0. The maximum atomic E-state index is 12.7. The Morgan fingerprint density at radius 3 is 2.48 bits per heavy atom. The van der Waals surface area contributed by atoms with E-state index in [9.17, 15) is 9.90 Å². The summed E-state index contributed by atoms with van der Waals surface area (Å²) in [5.74, 6) is -1.90. The van der Waals surface area contributed by atoms with E-state index in [4.69, 9.17) is 19.9 Å². The summed E-state index contributed by atoms with van der Waals surface area (Å²) < 4.78 is 19.1. The van der Waals surface area contributed by atoms with Crippen molar-refractivity contribution in [1.29, 1.82) is 0 Å². The Balaban J connectivity index is 2.09. The number of carbonyl (C=O) groups is 1. The van der Waals surface area contributed by atoms with E-state index < -0.39 is 35.1 Å². The molecule has 6 nitrogen and oxygen atoms in total. The number of hydrogen-bond donors (Lipinski definition) is 2. The highest BCUT2D eigenvalue weighted by Crippen LogP contribution is 2.55. The molecule has 3 aliphatic rings. The predicted molar refractivity (Wildman–Crippen MR) is 102 cm³/mol. The second kappa shape index (κ2) is 6.83. The zero-order valence-corrected chi connectivity index (χ0v) is 17.5. The van der Waals surface area contributed by atoms with Gasteiger partial charge in [0.15, 0.2) is 5.79 Å². The molecule has 3 heterocycles. The van der Waals surface area contributed by atoms with Gasteiger partial charge >= 0.3 is 5.97 Å². The van der Waals surface area contributed by atoms with Crippen molar-refractivity contribution in [2.75, 3.05) is 6.54 Å². The van der Waals surface area contributed by atoms with Gasteiger partial charge < -0.3 is 25.1 Å². The molecule has 6 heteroatoms. The number of esters is 1. The number of fused-ring (bicyclic) bond motifs is 2. The third kappa shape index (κ3) is 3.24. The molecule has 3 rings (SSSR count). The lowest BCUT2D eigenvalue weighted by Crippen LogP contribution is -2.50. The van der Waals surface area contributed by atoms with Crippen molar-refractivity contribution >= 4 is 5.97 Å². The molecule has 0 radical (unpaired) electrons. The molecule has 0 saturated carbocycles. The first-order valence-corrected chi connectivity index (χ1v) is 10.2. The molecular formula is C21H35NO5. The third-order valence-electron chi connectivity index (χ3n) is 6.77. The van der Waals surface area contributed by atoms with Gasteiger partial charge in [0.05, 0.1) is 17.6 Å². The number of aliphatic hydroxyl groups is 1. The average molecular weight is 382 g/mol. The Morgan fingerprint density at radius 1 is 1.22 bits per heavy atom. The van der Waals surface area contributed by atoms with Crippen LogP contribution in [0, 0.1) is 17.8 Å². The lowest BCUT2D eigenvalue weighted by molar-refractivity contribution is -0.280. The van der Waals surface area contributed by atoms with Crippen LogP contribution in [0.25, 0.3) is 0 Å². The van der Waals surface area contributed by atoms with E-state index in [1.807, 2.05) is 26.8 Å². The molecule has 6 unspecified atom stereocenters. The quantitative estimate of drug-likeness (QED) is 0.564. The molecule has 2 fully saturated rings. The van der Waals surface area contributed by atoms with E-state index >= 15 is 0 Å². The van der Waals surface area contributed by atoms with Crippen LogP contribution in [0.15, 0.2) is 11.6 Å². The van der Waals surface area contributed by atoms with Crippen molar-refractivity contribution in [1.82, 2.24) is 0 Å². The molecule has 154 valence electrons. The van der Waals surface area contributed by atoms with E-state index in [1.54, 1.807) is 6.92 Å². The monoisotopic (exact) mass is 381 g/mol. The van der Waals surface area contributed by atoms with E-state index in [-0.39, 0.29) is 17.8 Å². The highest BCUT2D eigenvalue weighted by atomic mass is 16.7. The molecule has 8 atom stereocenters. The molecule has 3 aliphatic heterocycles. The summed E-state index contributed by atoms with van der Waals surface area (Å²) in [7, 11) is 0. The van der Waals surface area contributed by atoms with Crippen LogP contribution in [0.4, 0.5) is 0 Å². The van der Waals surface area contributed by atoms with Gasteiger partial charge in [0, 0.05) is 18.0 Å². The second-order valence-electron chi connectivity index (χ2n) is 9.28. The van der Waals surface area contributed by atoms with Gasteiger partial charge in [-0.2, -0.15) is 0 Å². The molecule has 1 spiro atoms. The van der Waals surface area contributed by atoms with Crippen LogP contribution in [0.1, 0.15) is 60.8 Å². The van der Waals surface area contributed by atoms with E-state index in [0.29, 0.717) is 19.4 Å². The summed E-state index contributed by atoms with van der Waals surface area (Å²) in [6, 6.07) is 0. The van der Waals surface area contributed by atoms with Crippen molar-refractivity contribution in [3.05, 3.63) is 11.6 Å². The maximum absolute atomic E-state index is 12.7. The summed E-state index contributed by atoms with van der Waals surface area (Å²) in [4.78, 5) is 12.7. The number of ether oxygens (including phenoxy) is 3. The molecule has 2 saturated heterocycles. The van der Waals surface area contributed by atoms with Gasteiger partial charge in [-0.25, -0.2) is 0 Å². The van der Waals surface area contributed by atoms with Gasteiger partial charge in [0.1, 0.15) is 11.7 Å². The number of rotatable bonds is 2. The highest BCUT2D eigenvalue weighted by molar-refractivity contribution is 5.73. The Bertz CT molecular complexity index is 636. The van der Waals surface area contributed by atoms with Crippen LogP contribution < -0.4 is 5.73 Å². The Kier molecular flexibility index (Phi) is 5.26. The van der Waals surface area contributed by atoms with Gasteiger partial charge in [-0.05, 0) is 52.0 Å². The fourth-order valence-electron chi connectivity index (χ4n) is 5.43. The predicted octanol–water partition coefficient (Wildman–Crippen LogP) is 2.53. The van der Waals surface area contributed by atoms with Gasteiger partial charge in [0.25, 0.3) is 0 Å². The molecule has 0 aliphatic carbocycles. The first-order chi connectivity index (χ1) is 12.5. The van der Waals surface area contributed by atoms with E-state index in [0.717, 1.165) is 12.0 Å². The van der Waals surface area contributed by atoms with Crippen molar-refractivity contribution in [3.63, 3.8) is 0 Å². The van der Waals surface area contributed by atoms with Crippen molar-refractivity contribution < 1.29 is 24.1 Å². The molecular weight excluding hydrogens is 346 g/mol. The second-order valence-corrected chi connectivity index (χ2v) is 9.28. The molecule has 27 heavy (non-hydrogen) atoms. The van der Waals surface area contributed by atoms with Crippen LogP contribution in [0.5, 0.6) is 0 Å². The van der Waals surface area contributed by atoms with Crippen molar-refractivity contribution in [2.24, 2.45) is 23.5 Å². The summed E-state index contributed by atoms with van der Waals surface area (Å²) in [6.45, 7) is 12.1. The zero-order valence-electron chi connectivity index (χ0n) is 17.5. The number of carbonyl (C=O) groups excluding carboxylic acids is 1. The summed E-state index contributed by atoms with van der Waals surface area (Å²) in [6.07, 6.45) is 2.77. The van der Waals surface area contributed by atoms with Crippen LogP contribution in [0.3, 0.4) is 0 Å². The van der Waals surface area contributed by atoms with Crippen LogP contribution in [0.2, 0.25) is 0 Å². The normalized spacial score (nSPS) is 50.6. The number of hydrogen-bond acceptors (Lipinski definition) is 6.